The second-order valence-electron chi connectivity index (χ2n) is 6.82. The highest BCUT2D eigenvalue weighted by atomic mass is 16.1. The van der Waals surface area contributed by atoms with E-state index in [1.807, 2.05) is 0 Å². The zero-order chi connectivity index (χ0) is 12.5. The van der Waals surface area contributed by atoms with Crippen molar-refractivity contribution in [1.82, 2.24) is 5.32 Å². The summed E-state index contributed by atoms with van der Waals surface area (Å²) in [7, 11) is 0. The fraction of sp³-hybridized carbons (Fsp3) is 0.933. The van der Waals surface area contributed by atoms with Crippen molar-refractivity contribution < 1.29 is 4.79 Å². The minimum atomic E-state index is 0.299. The van der Waals surface area contributed by atoms with Crippen LogP contribution in [0.4, 0.5) is 0 Å². The third-order valence-electron chi connectivity index (χ3n) is 5.47. The number of nitrogens with one attached hydrogen (secondary N) is 1. The predicted octanol–water partition coefficient (Wildman–Crippen LogP) is 2.20. The van der Waals surface area contributed by atoms with Crippen LogP contribution in [-0.2, 0) is 4.79 Å². The van der Waals surface area contributed by atoms with E-state index in [0.717, 1.165) is 43.9 Å². The molecule has 3 aliphatic carbocycles. The van der Waals surface area contributed by atoms with Gasteiger partial charge in [-0.1, -0.05) is 6.42 Å². The van der Waals surface area contributed by atoms with Gasteiger partial charge in [0.2, 0.25) is 5.91 Å². The third kappa shape index (κ3) is 2.71. The van der Waals surface area contributed by atoms with E-state index in [4.69, 9.17) is 5.73 Å². The first-order valence-corrected chi connectivity index (χ1v) is 7.75. The van der Waals surface area contributed by atoms with Gasteiger partial charge >= 0.3 is 0 Å². The Morgan fingerprint density at radius 3 is 2.44 bits per heavy atom. The van der Waals surface area contributed by atoms with Gasteiger partial charge in [-0.3, -0.25) is 4.79 Å². The van der Waals surface area contributed by atoms with Crippen molar-refractivity contribution in [2.24, 2.45) is 23.5 Å². The van der Waals surface area contributed by atoms with Crippen molar-refractivity contribution in [3.05, 3.63) is 0 Å². The van der Waals surface area contributed by atoms with Crippen LogP contribution in [0.25, 0.3) is 0 Å². The van der Waals surface area contributed by atoms with Gasteiger partial charge in [0.05, 0.1) is 0 Å². The quantitative estimate of drug-likeness (QED) is 0.807. The van der Waals surface area contributed by atoms with E-state index in [-0.39, 0.29) is 0 Å². The Kier molecular flexibility index (Phi) is 3.60. The van der Waals surface area contributed by atoms with E-state index in [9.17, 15) is 4.79 Å². The minimum absolute atomic E-state index is 0.299. The highest BCUT2D eigenvalue weighted by Gasteiger charge is 2.40. The summed E-state index contributed by atoms with van der Waals surface area (Å²) < 4.78 is 0. The van der Waals surface area contributed by atoms with Gasteiger partial charge in [0, 0.05) is 18.5 Å². The molecule has 1 amide bonds. The molecule has 0 aromatic rings. The average Bonchev–Trinajstić information content (AvgIpc) is 2.94. The van der Waals surface area contributed by atoms with Crippen LogP contribution in [0, 0.1) is 17.8 Å². The Balaban J connectivity index is 1.42. The normalized spacial score (nSPS) is 43.1. The number of hydrogen-bond acceptors (Lipinski definition) is 2. The Morgan fingerprint density at radius 2 is 1.83 bits per heavy atom. The highest BCUT2D eigenvalue weighted by molar-refractivity contribution is 5.76. The van der Waals surface area contributed by atoms with Crippen LogP contribution in [0.15, 0.2) is 0 Å². The van der Waals surface area contributed by atoms with Crippen molar-refractivity contribution in [2.75, 3.05) is 0 Å². The van der Waals surface area contributed by atoms with E-state index >= 15 is 0 Å². The molecule has 0 saturated heterocycles. The Hall–Kier alpha value is -0.570. The van der Waals surface area contributed by atoms with E-state index in [1.165, 1.54) is 25.7 Å². The molecule has 0 radical (unpaired) electrons. The van der Waals surface area contributed by atoms with Crippen molar-refractivity contribution >= 4 is 5.91 Å². The maximum absolute atomic E-state index is 12.1. The lowest BCUT2D eigenvalue weighted by Crippen LogP contribution is -2.41. The van der Waals surface area contributed by atoms with Crippen molar-refractivity contribution in [3.8, 4) is 0 Å². The Labute approximate surface area is 110 Å². The van der Waals surface area contributed by atoms with Crippen LogP contribution < -0.4 is 11.1 Å². The molecular weight excluding hydrogens is 224 g/mol. The van der Waals surface area contributed by atoms with E-state index in [2.05, 4.69) is 5.32 Å². The minimum Gasteiger partial charge on any atom is -0.353 e. The summed E-state index contributed by atoms with van der Waals surface area (Å²) in [5, 5.41) is 3.23. The molecule has 2 bridgehead atoms. The number of rotatable bonds is 3. The molecule has 3 aliphatic rings. The van der Waals surface area contributed by atoms with Crippen LogP contribution in [-0.4, -0.2) is 18.0 Å². The van der Waals surface area contributed by atoms with Crippen LogP contribution in [0.1, 0.15) is 57.8 Å². The van der Waals surface area contributed by atoms with Crippen LogP contribution in [0.3, 0.4) is 0 Å². The second-order valence-corrected chi connectivity index (χ2v) is 6.82. The van der Waals surface area contributed by atoms with E-state index < -0.39 is 0 Å². The lowest BCUT2D eigenvalue weighted by atomic mass is 9.86. The second kappa shape index (κ2) is 5.20. The molecule has 3 nitrogen and oxygen atoms in total. The molecule has 0 spiro atoms. The molecule has 3 fully saturated rings. The lowest BCUT2D eigenvalue weighted by molar-refractivity contribution is -0.123. The van der Waals surface area contributed by atoms with Gasteiger partial charge in [-0.05, 0) is 62.7 Å². The molecule has 3 saturated carbocycles. The van der Waals surface area contributed by atoms with Gasteiger partial charge < -0.3 is 11.1 Å². The van der Waals surface area contributed by atoms with Crippen molar-refractivity contribution in [3.63, 3.8) is 0 Å². The Morgan fingerprint density at radius 1 is 1.06 bits per heavy atom. The summed E-state index contributed by atoms with van der Waals surface area (Å²) >= 11 is 0. The summed E-state index contributed by atoms with van der Waals surface area (Å²) in [6, 6.07) is 0.764. The van der Waals surface area contributed by atoms with Crippen molar-refractivity contribution in [1.29, 1.82) is 0 Å². The first-order valence-electron chi connectivity index (χ1n) is 7.75. The molecular formula is C15H26N2O. The number of amides is 1. The summed E-state index contributed by atoms with van der Waals surface area (Å²) in [5.41, 5.74) is 5.89. The molecule has 3 unspecified atom stereocenters. The fourth-order valence-electron chi connectivity index (χ4n) is 4.41. The number of carbonyl (C=O) groups is 1. The SMILES string of the molecule is NC1CCC(NC(=O)CC2CC3CCC2C3)CC1. The Bertz CT molecular complexity index is 310. The summed E-state index contributed by atoms with van der Waals surface area (Å²) in [4.78, 5) is 12.1. The molecule has 3 heteroatoms. The topological polar surface area (TPSA) is 55.1 Å². The maximum atomic E-state index is 12.1. The third-order valence-corrected chi connectivity index (χ3v) is 5.47. The summed E-state index contributed by atoms with van der Waals surface area (Å²) in [6.07, 6.45) is 10.6. The molecule has 0 aliphatic heterocycles. The largest absolute Gasteiger partial charge is 0.353 e. The van der Waals surface area contributed by atoms with E-state index in [0.29, 0.717) is 23.9 Å². The lowest BCUT2D eigenvalue weighted by Gasteiger charge is -2.28. The van der Waals surface area contributed by atoms with Gasteiger partial charge in [0.25, 0.3) is 0 Å². The van der Waals surface area contributed by atoms with Gasteiger partial charge in [0.15, 0.2) is 0 Å². The van der Waals surface area contributed by atoms with Crippen molar-refractivity contribution in [2.45, 2.75) is 69.9 Å². The standard InChI is InChI=1S/C15H26N2O/c16-13-3-5-14(6-4-13)17-15(18)9-12-8-10-1-2-11(12)7-10/h10-14H,1-9,16H2,(H,17,18). The maximum Gasteiger partial charge on any atom is 0.220 e. The average molecular weight is 250 g/mol. The number of carbonyl (C=O) groups excluding carboxylic acids is 1. The van der Waals surface area contributed by atoms with Crippen LogP contribution in [0.2, 0.25) is 0 Å². The summed E-state index contributed by atoms with van der Waals surface area (Å²) in [6.45, 7) is 0. The summed E-state index contributed by atoms with van der Waals surface area (Å²) in [5.74, 6) is 2.80. The first-order chi connectivity index (χ1) is 8.70. The molecule has 0 heterocycles. The van der Waals surface area contributed by atoms with E-state index in [1.54, 1.807) is 0 Å². The number of nitrogens with two attached hydrogens (primary N) is 1. The zero-order valence-electron chi connectivity index (χ0n) is 11.2. The fourth-order valence-corrected chi connectivity index (χ4v) is 4.41. The molecule has 102 valence electrons. The molecule has 0 aromatic heterocycles. The molecule has 3 N–H and O–H groups in total. The predicted molar refractivity (Wildman–Crippen MR) is 71.9 cm³/mol. The molecule has 18 heavy (non-hydrogen) atoms. The van der Waals surface area contributed by atoms with Crippen LogP contribution >= 0.6 is 0 Å². The molecule has 0 aromatic carbocycles. The van der Waals surface area contributed by atoms with Gasteiger partial charge in [0.1, 0.15) is 0 Å². The van der Waals surface area contributed by atoms with Gasteiger partial charge in [-0.15, -0.1) is 0 Å². The van der Waals surface area contributed by atoms with Gasteiger partial charge in [-0.2, -0.15) is 0 Å². The molecule has 3 atom stereocenters. The highest BCUT2D eigenvalue weighted by Crippen LogP contribution is 2.49. The first kappa shape index (κ1) is 12.5. The van der Waals surface area contributed by atoms with Crippen LogP contribution in [0.5, 0.6) is 0 Å². The molecule has 3 rings (SSSR count). The smallest absolute Gasteiger partial charge is 0.220 e. The zero-order valence-corrected chi connectivity index (χ0v) is 11.2. The monoisotopic (exact) mass is 250 g/mol. The number of hydrogen-bond donors (Lipinski definition) is 2. The van der Waals surface area contributed by atoms with Gasteiger partial charge in [-0.25, -0.2) is 0 Å². The number of fused-ring (bicyclic) bond motifs is 2.